The van der Waals surface area contributed by atoms with E-state index in [-0.39, 0.29) is 18.7 Å². The van der Waals surface area contributed by atoms with Gasteiger partial charge < -0.3 is 15.7 Å². The minimum atomic E-state index is -0.265. The van der Waals surface area contributed by atoms with Crippen LogP contribution in [0.25, 0.3) is 0 Å². The number of carbonyl (C=O) groups is 1. The lowest BCUT2D eigenvalue weighted by Crippen LogP contribution is -2.41. The molecular weight excluding hydrogens is 180 g/mol. The van der Waals surface area contributed by atoms with Gasteiger partial charge in [0.15, 0.2) is 0 Å². The van der Waals surface area contributed by atoms with Gasteiger partial charge in [0.25, 0.3) is 0 Å². The summed E-state index contributed by atoms with van der Waals surface area (Å²) in [5.74, 6) is 0. The number of hydrogen-bond donors (Lipinski definition) is 3. The zero-order valence-corrected chi connectivity index (χ0v) is 9.13. The minimum absolute atomic E-state index is 0.0274. The average molecular weight is 200 g/mol. The number of aliphatic hydroxyl groups excluding tert-OH is 1. The molecule has 14 heavy (non-hydrogen) atoms. The maximum atomic E-state index is 11.2. The van der Waals surface area contributed by atoms with Crippen LogP contribution in [0.15, 0.2) is 11.8 Å². The van der Waals surface area contributed by atoms with Gasteiger partial charge in [0.05, 0.1) is 12.6 Å². The van der Waals surface area contributed by atoms with Gasteiger partial charge in [0.1, 0.15) is 0 Å². The van der Waals surface area contributed by atoms with E-state index in [1.165, 1.54) is 0 Å². The largest absolute Gasteiger partial charge is 0.394 e. The molecule has 0 aliphatic rings. The van der Waals surface area contributed by atoms with Crippen molar-refractivity contribution in [3.05, 3.63) is 11.8 Å². The van der Waals surface area contributed by atoms with Gasteiger partial charge in [0.2, 0.25) is 0 Å². The highest BCUT2D eigenvalue weighted by Gasteiger charge is 2.06. The Balaban J connectivity index is 3.86. The van der Waals surface area contributed by atoms with E-state index in [1.54, 1.807) is 6.20 Å². The maximum Gasteiger partial charge on any atom is 0.319 e. The molecule has 0 aromatic rings. The molecule has 0 bridgehead atoms. The summed E-state index contributed by atoms with van der Waals surface area (Å²) in [4.78, 5) is 11.2. The van der Waals surface area contributed by atoms with E-state index >= 15 is 0 Å². The molecule has 4 heteroatoms. The lowest BCUT2D eigenvalue weighted by Gasteiger charge is -2.13. The van der Waals surface area contributed by atoms with Crippen LogP contribution in [0.3, 0.4) is 0 Å². The number of carbonyl (C=O) groups excluding carboxylic acids is 1. The summed E-state index contributed by atoms with van der Waals surface area (Å²) in [6.07, 6.45) is 3.32. The van der Waals surface area contributed by atoms with E-state index in [0.29, 0.717) is 0 Å². The van der Waals surface area contributed by atoms with Gasteiger partial charge >= 0.3 is 6.03 Å². The average Bonchev–Trinajstić information content (AvgIpc) is 2.22. The van der Waals surface area contributed by atoms with Crippen LogP contribution in [0.2, 0.25) is 0 Å². The Morgan fingerprint density at radius 3 is 2.57 bits per heavy atom. The minimum Gasteiger partial charge on any atom is -0.394 e. The molecule has 0 saturated heterocycles. The molecule has 82 valence electrons. The van der Waals surface area contributed by atoms with Crippen LogP contribution in [0.5, 0.6) is 0 Å². The Kier molecular flexibility index (Phi) is 6.84. The fourth-order valence-corrected chi connectivity index (χ4v) is 0.795. The standard InChI is InChI=1S/C10H20N2O2/c1-4-8(3)6-11-10(14)12-9(5-2)7-13/h6,9,13H,4-5,7H2,1-3H3,(H2,11,12,14)/b8-6+. The van der Waals surface area contributed by atoms with Crippen molar-refractivity contribution in [3.63, 3.8) is 0 Å². The van der Waals surface area contributed by atoms with Crippen molar-refractivity contribution in [3.8, 4) is 0 Å². The zero-order chi connectivity index (χ0) is 11.0. The number of nitrogens with one attached hydrogen (secondary N) is 2. The first-order valence-electron chi connectivity index (χ1n) is 4.97. The van der Waals surface area contributed by atoms with E-state index in [9.17, 15) is 4.79 Å². The number of rotatable bonds is 5. The van der Waals surface area contributed by atoms with E-state index in [0.717, 1.165) is 18.4 Å². The molecule has 0 fully saturated rings. The molecule has 0 saturated carbocycles. The van der Waals surface area contributed by atoms with Gasteiger partial charge in [0, 0.05) is 6.20 Å². The summed E-state index contributed by atoms with van der Waals surface area (Å²) in [6, 6.07) is -0.427. The third-order valence-corrected chi connectivity index (χ3v) is 2.06. The van der Waals surface area contributed by atoms with Crippen LogP contribution in [-0.2, 0) is 0 Å². The van der Waals surface area contributed by atoms with E-state index in [4.69, 9.17) is 5.11 Å². The summed E-state index contributed by atoms with van der Waals surface area (Å²) in [5.41, 5.74) is 1.11. The number of aliphatic hydroxyl groups is 1. The number of allylic oxidation sites excluding steroid dienone is 1. The van der Waals surface area contributed by atoms with Crippen LogP contribution in [0.1, 0.15) is 33.6 Å². The Labute approximate surface area is 85.4 Å². The summed E-state index contributed by atoms with van der Waals surface area (Å²) in [7, 11) is 0. The highest BCUT2D eigenvalue weighted by atomic mass is 16.3. The van der Waals surface area contributed by atoms with Gasteiger partial charge in [-0.25, -0.2) is 4.79 Å². The molecule has 3 N–H and O–H groups in total. The van der Waals surface area contributed by atoms with Gasteiger partial charge in [-0.1, -0.05) is 19.4 Å². The molecular formula is C10H20N2O2. The van der Waals surface area contributed by atoms with Crippen molar-refractivity contribution in [2.45, 2.75) is 39.7 Å². The van der Waals surface area contributed by atoms with Crippen molar-refractivity contribution in [2.24, 2.45) is 0 Å². The van der Waals surface area contributed by atoms with Crippen LogP contribution >= 0.6 is 0 Å². The molecule has 0 aromatic heterocycles. The lowest BCUT2D eigenvalue weighted by molar-refractivity contribution is 0.217. The third kappa shape index (κ3) is 5.59. The van der Waals surface area contributed by atoms with Crippen LogP contribution < -0.4 is 10.6 Å². The van der Waals surface area contributed by atoms with Gasteiger partial charge in [-0.3, -0.25) is 0 Å². The molecule has 1 unspecified atom stereocenters. The van der Waals surface area contributed by atoms with Crippen molar-refractivity contribution in [1.82, 2.24) is 10.6 Å². The number of urea groups is 1. The Morgan fingerprint density at radius 2 is 2.14 bits per heavy atom. The van der Waals surface area contributed by atoms with Crippen LogP contribution in [0, 0.1) is 0 Å². The molecule has 0 aromatic carbocycles. The van der Waals surface area contributed by atoms with Gasteiger partial charge in [-0.05, 0) is 19.8 Å². The second-order valence-corrected chi connectivity index (χ2v) is 3.25. The molecule has 4 nitrogen and oxygen atoms in total. The topological polar surface area (TPSA) is 61.4 Å². The quantitative estimate of drug-likeness (QED) is 0.627. The predicted molar refractivity (Wildman–Crippen MR) is 56.9 cm³/mol. The first kappa shape index (κ1) is 13.0. The lowest BCUT2D eigenvalue weighted by atomic mass is 10.2. The first-order chi connectivity index (χ1) is 6.63. The normalized spacial score (nSPS) is 13.6. The molecule has 0 aliphatic carbocycles. The maximum absolute atomic E-state index is 11.2. The highest BCUT2D eigenvalue weighted by molar-refractivity contribution is 5.75. The molecule has 0 rings (SSSR count). The second-order valence-electron chi connectivity index (χ2n) is 3.25. The third-order valence-electron chi connectivity index (χ3n) is 2.06. The molecule has 0 radical (unpaired) electrons. The fraction of sp³-hybridized carbons (Fsp3) is 0.700. The smallest absolute Gasteiger partial charge is 0.319 e. The second kappa shape index (κ2) is 7.38. The summed E-state index contributed by atoms with van der Waals surface area (Å²) in [5, 5.41) is 14.1. The fourth-order valence-electron chi connectivity index (χ4n) is 0.795. The Hall–Kier alpha value is -1.03. The Bertz CT molecular complexity index is 198. The van der Waals surface area contributed by atoms with E-state index in [1.807, 2.05) is 20.8 Å². The zero-order valence-electron chi connectivity index (χ0n) is 9.13. The molecule has 0 spiro atoms. The van der Waals surface area contributed by atoms with Crippen molar-refractivity contribution in [1.29, 1.82) is 0 Å². The molecule has 2 amide bonds. The van der Waals surface area contributed by atoms with Crippen molar-refractivity contribution < 1.29 is 9.90 Å². The van der Waals surface area contributed by atoms with E-state index < -0.39 is 0 Å². The predicted octanol–water partition coefficient (Wildman–Crippen LogP) is 1.37. The highest BCUT2D eigenvalue weighted by Crippen LogP contribution is 1.94. The van der Waals surface area contributed by atoms with Crippen molar-refractivity contribution >= 4 is 6.03 Å². The monoisotopic (exact) mass is 200 g/mol. The van der Waals surface area contributed by atoms with Crippen molar-refractivity contribution in [2.75, 3.05) is 6.61 Å². The van der Waals surface area contributed by atoms with Gasteiger partial charge in [-0.2, -0.15) is 0 Å². The van der Waals surface area contributed by atoms with Crippen LogP contribution in [0.4, 0.5) is 4.79 Å². The summed E-state index contributed by atoms with van der Waals surface area (Å²) in [6.45, 7) is 5.85. The van der Waals surface area contributed by atoms with E-state index in [2.05, 4.69) is 10.6 Å². The SMILES string of the molecule is CC/C(C)=C/NC(=O)NC(CC)CO. The number of amides is 2. The number of hydrogen-bond acceptors (Lipinski definition) is 2. The summed E-state index contributed by atoms with van der Waals surface area (Å²) < 4.78 is 0. The first-order valence-corrected chi connectivity index (χ1v) is 4.97. The molecule has 0 aliphatic heterocycles. The summed E-state index contributed by atoms with van der Waals surface area (Å²) >= 11 is 0. The Morgan fingerprint density at radius 1 is 1.50 bits per heavy atom. The van der Waals surface area contributed by atoms with Gasteiger partial charge in [-0.15, -0.1) is 0 Å². The molecule has 0 heterocycles. The van der Waals surface area contributed by atoms with Crippen LogP contribution in [-0.4, -0.2) is 23.8 Å². The molecule has 1 atom stereocenters.